The normalized spacial score (nSPS) is 28.7. The summed E-state index contributed by atoms with van der Waals surface area (Å²) in [7, 11) is 0. The lowest BCUT2D eigenvalue weighted by molar-refractivity contribution is -0.149. The van der Waals surface area contributed by atoms with Crippen LogP contribution in [0.2, 0.25) is 0 Å². The summed E-state index contributed by atoms with van der Waals surface area (Å²) in [6.45, 7) is 2.56. The van der Waals surface area contributed by atoms with Crippen molar-refractivity contribution in [3.63, 3.8) is 0 Å². The van der Waals surface area contributed by atoms with Crippen molar-refractivity contribution in [2.45, 2.75) is 51.0 Å². The van der Waals surface area contributed by atoms with Crippen LogP contribution in [0.4, 0.5) is 0 Å². The molecular formula is C12H22N2O3. The molecule has 0 aromatic rings. The maximum atomic E-state index is 11.6. The van der Waals surface area contributed by atoms with Crippen molar-refractivity contribution >= 4 is 11.9 Å². The first kappa shape index (κ1) is 14.0. The third-order valence-electron chi connectivity index (χ3n) is 3.52. The second kappa shape index (κ2) is 6.00. The van der Waals surface area contributed by atoms with Crippen molar-refractivity contribution in [2.24, 2.45) is 11.7 Å². The van der Waals surface area contributed by atoms with Gasteiger partial charge in [0.25, 0.3) is 0 Å². The van der Waals surface area contributed by atoms with E-state index < -0.39 is 11.5 Å². The third kappa shape index (κ3) is 3.70. The zero-order valence-corrected chi connectivity index (χ0v) is 10.4. The van der Waals surface area contributed by atoms with Crippen LogP contribution in [0, 0.1) is 5.92 Å². The highest BCUT2D eigenvalue weighted by Crippen LogP contribution is 2.32. The van der Waals surface area contributed by atoms with Crippen LogP contribution in [0.25, 0.3) is 0 Å². The van der Waals surface area contributed by atoms with Gasteiger partial charge in [0.15, 0.2) is 0 Å². The molecule has 4 N–H and O–H groups in total. The van der Waals surface area contributed by atoms with Crippen LogP contribution >= 0.6 is 0 Å². The first-order valence-corrected chi connectivity index (χ1v) is 6.24. The van der Waals surface area contributed by atoms with Gasteiger partial charge in [-0.1, -0.05) is 6.92 Å². The number of nitrogens with one attached hydrogen (secondary N) is 1. The van der Waals surface area contributed by atoms with Gasteiger partial charge in [0, 0.05) is 6.42 Å². The lowest BCUT2D eigenvalue weighted by atomic mass is 9.77. The van der Waals surface area contributed by atoms with E-state index >= 15 is 0 Å². The Morgan fingerprint density at radius 3 is 2.47 bits per heavy atom. The van der Waals surface area contributed by atoms with Gasteiger partial charge in [0.2, 0.25) is 5.91 Å². The number of carboxylic acids is 1. The number of nitrogens with two attached hydrogens (primary N) is 1. The van der Waals surface area contributed by atoms with E-state index in [2.05, 4.69) is 12.2 Å². The molecule has 0 aromatic heterocycles. The van der Waals surface area contributed by atoms with Crippen LogP contribution in [-0.2, 0) is 9.59 Å². The topological polar surface area (TPSA) is 92.4 Å². The first-order chi connectivity index (χ1) is 8.00. The summed E-state index contributed by atoms with van der Waals surface area (Å²) in [5.41, 5.74) is 4.28. The van der Waals surface area contributed by atoms with Gasteiger partial charge in [-0.2, -0.15) is 0 Å². The highest BCUT2D eigenvalue weighted by Gasteiger charge is 2.42. The minimum atomic E-state index is -1.04. The highest BCUT2D eigenvalue weighted by molar-refractivity contribution is 5.87. The molecule has 1 amide bonds. The molecule has 0 radical (unpaired) electrons. The first-order valence-electron chi connectivity index (χ1n) is 6.24. The summed E-state index contributed by atoms with van der Waals surface area (Å²) in [5.74, 6) is -0.568. The number of hydrogen-bond acceptors (Lipinski definition) is 3. The summed E-state index contributed by atoms with van der Waals surface area (Å²) in [4.78, 5) is 23.0. The molecule has 0 aromatic carbocycles. The van der Waals surface area contributed by atoms with Gasteiger partial charge < -0.3 is 16.2 Å². The predicted molar refractivity (Wildman–Crippen MR) is 64.4 cm³/mol. The lowest BCUT2D eigenvalue weighted by Crippen LogP contribution is -2.56. The molecule has 0 heterocycles. The molecular weight excluding hydrogens is 220 g/mol. The number of amides is 1. The Balaban J connectivity index is 2.60. The Bertz CT molecular complexity index is 283. The Hall–Kier alpha value is -1.10. The predicted octanol–water partition coefficient (Wildman–Crippen LogP) is 0.875. The van der Waals surface area contributed by atoms with E-state index in [0.29, 0.717) is 38.1 Å². The Morgan fingerprint density at radius 2 is 2.00 bits per heavy atom. The van der Waals surface area contributed by atoms with Crippen LogP contribution in [0.1, 0.15) is 45.4 Å². The van der Waals surface area contributed by atoms with Crippen LogP contribution in [-0.4, -0.2) is 29.1 Å². The minimum Gasteiger partial charge on any atom is -0.480 e. The molecule has 1 rings (SSSR count). The molecule has 5 heteroatoms. The molecule has 98 valence electrons. The summed E-state index contributed by atoms with van der Waals surface area (Å²) >= 11 is 0. The maximum absolute atomic E-state index is 11.6. The fraction of sp³-hybridized carbons (Fsp3) is 0.833. The van der Waals surface area contributed by atoms with E-state index in [-0.39, 0.29) is 5.91 Å². The number of carbonyl (C=O) groups is 2. The molecule has 1 aliphatic rings. The third-order valence-corrected chi connectivity index (χ3v) is 3.52. The van der Waals surface area contributed by atoms with Crippen LogP contribution in [0.5, 0.6) is 0 Å². The summed E-state index contributed by atoms with van der Waals surface area (Å²) in [6, 6.07) is 0. The molecule has 17 heavy (non-hydrogen) atoms. The fourth-order valence-corrected chi connectivity index (χ4v) is 2.24. The van der Waals surface area contributed by atoms with Crippen molar-refractivity contribution in [1.29, 1.82) is 0 Å². The molecule has 5 nitrogen and oxygen atoms in total. The Labute approximate surface area is 102 Å². The number of carbonyl (C=O) groups excluding carboxylic acids is 1. The van der Waals surface area contributed by atoms with Crippen LogP contribution in [0.15, 0.2) is 0 Å². The van der Waals surface area contributed by atoms with Gasteiger partial charge in [-0.25, -0.2) is 4.79 Å². The average Bonchev–Trinajstić information content (AvgIpc) is 2.29. The van der Waals surface area contributed by atoms with Crippen molar-refractivity contribution in [2.75, 3.05) is 6.54 Å². The lowest BCUT2D eigenvalue weighted by Gasteiger charge is -2.36. The molecule has 0 aliphatic heterocycles. The molecule has 1 fully saturated rings. The smallest absolute Gasteiger partial charge is 0.329 e. The fourth-order valence-electron chi connectivity index (χ4n) is 2.24. The average molecular weight is 242 g/mol. The Kier molecular flexibility index (Phi) is 4.93. The van der Waals surface area contributed by atoms with Gasteiger partial charge in [-0.15, -0.1) is 0 Å². The number of hydrogen-bond donors (Lipinski definition) is 3. The SMILES string of the molecule is CC1CCC(NC(=O)CCCN)(C(=O)O)CC1. The highest BCUT2D eigenvalue weighted by atomic mass is 16.4. The van der Waals surface area contributed by atoms with Gasteiger partial charge >= 0.3 is 5.97 Å². The monoisotopic (exact) mass is 242 g/mol. The van der Waals surface area contributed by atoms with Crippen molar-refractivity contribution < 1.29 is 14.7 Å². The van der Waals surface area contributed by atoms with Gasteiger partial charge in [-0.3, -0.25) is 4.79 Å². The summed E-state index contributed by atoms with van der Waals surface area (Å²) in [6.07, 6.45) is 3.65. The number of carboxylic acid groups (broad SMARTS) is 1. The summed E-state index contributed by atoms with van der Waals surface area (Å²) in [5, 5.41) is 12.0. The molecule has 0 unspecified atom stereocenters. The van der Waals surface area contributed by atoms with Crippen LogP contribution in [0.3, 0.4) is 0 Å². The van der Waals surface area contributed by atoms with E-state index in [1.165, 1.54) is 0 Å². The van der Waals surface area contributed by atoms with E-state index in [1.54, 1.807) is 0 Å². The molecule has 1 aliphatic carbocycles. The maximum Gasteiger partial charge on any atom is 0.329 e. The molecule has 1 saturated carbocycles. The second-order valence-electron chi connectivity index (χ2n) is 5.01. The molecule has 0 atom stereocenters. The number of aliphatic carboxylic acids is 1. The van der Waals surface area contributed by atoms with Gasteiger partial charge in [0.05, 0.1) is 0 Å². The van der Waals surface area contributed by atoms with Crippen molar-refractivity contribution in [3.05, 3.63) is 0 Å². The zero-order chi connectivity index (χ0) is 12.9. The van der Waals surface area contributed by atoms with Crippen molar-refractivity contribution in [3.8, 4) is 0 Å². The van der Waals surface area contributed by atoms with E-state index in [1.807, 2.05) is 0 Å². The van der Waals surface area contributed by atoms with Crippen molar-refractivity contribution in [1.82, 2.24) is 5.32 Å². The standard InChI is InChI=1S/C12H22N2O3/c1-9-4-6-12(7-5-9,11(16)17)14-10(15)3-2-8-13/h9H,2-8,13H2,1H3,(H,14,15)(H,16,17). The van der Waals surface area contributed by atoms with Gasteiger partial charge in [0.1, 0.15) is 5.54 Å². The number of rotatable bonds is 5. The minimum absolute atomic E-state index is 0.201. The van der Waals surface area contributed by atoms with Gasteiger partial charge in [-0.05, 0) is 44.6 Å². The van der Waals surface area contributed by atoms with E-state index in [4.69, 9.17) is 5.73 Å². The Morgan fingerprint density at radius 1 is 1.41 bits per heavy atom. The second-order valence-corrected chi connectivity index (χ2v) is 5.01. The van der Waals surface area contributed by atoms with Crippen LogP contribution < -0.4 is 11.1 Å². The quantitative estimate of drug-likeness (QED) is 0.667. The zero-order valence-electron chi connectivity index (χ0n) is 10.4. The molecule has 0 saturated heterocycles. The molecule has 0 spiro atoms. The summed E-state index contributed by atoms with van der Waals surface area (Å²) < 4.78 is 0. The largest absolute Gasteiger partial charge is 0.480 e. The van der Waals surface area contributed by atoms with E-state index in [9.17, 15) is 14.7 Å². The molecule has 0 bridgehead atoms. The van der Waals surface area contributed by atoms with E-state index in [0.717, 1.165) is 12.8 Å².